The van der Waals surface area contributed by atoms with Crippen molar-refractivity contribution in [1.29, 1.82) is 0 Å². The lowest BCUT2D eigenvalue weighted by Gasteiger charge is -2.02. The highest BCUT2D eigenvalue weighted by Gasteiger charge is 2.11. The minimum atomic E-state index is -1.45. The predicted octanol–water partition coefficient (Wildman–Crippen LogP) is 3.87. The van der Waals surface area contributed by atoms with Crippen LogP contribution in [0.5, 0.6) is 0 Å². The quantitative estimate of drug-likeness (QED) is 0.298. The highest BCUT2D eigenvalue weighted by Crippen LogP contribution is 2.28. The van der Waals surface area contributed by atoms with E-state index in [2.05, 4.69) is 10.0 Å². The van der Waals surface area contributed by atoms with Crippen LogP contribution in [0, 0.1) is 5.82 Å². The summed E-state index contributed by atoms with van der Waals surface area (Å²) in [6.07, 6.45) is 0.948. The third-order valence-corrected chi connectivity index (χ3v) is 2.40. The summed E-state index contributed by atoms with van der Waals surface area (Å²) in [6.45, 7) is 0. The number of hydrogen-bond acceptors (Lipinski definition) is 2. The second-order valence-corrected chi connectivity index (χ2v) is 3.57. The van der Waals surface area contributed by atoms with Gasteiger partial charge in [-0.1, -0.05) is 34.4 Å². The number of azide groups is 1. The molecule has 0 saturated carbocycles. The van der Waals surface area contributed by atoms with Crippen LogP contribution in [0.3, 0.4) is 0 Å². The van der Waals surface area contributed by atoms with Gasteiger partial charge in [0.05, 0.1) is 10.0 Å². The molecule has 0 aromatic heterocycles. The van der Waals surface area contributed by atoms with E-state index in [0.29, 0.717) is 0 Å². The van der Waals surface area contributed by atoms with Gasteiger partial charge in [-0.05, 0) is 23.2 Å². The fraction of sp³-hybridized carbons (Fsp3) is 0. The van der Waals surface area contributed by atoms with E-state index >= 15 is 0 Å². The molecule has 8 heteroatoms. The molecule has 0 aliphatic rings. The van der Waals surface area contributed by atoms with E-state index in [-0.39, 0.29) is 15.6 Å². The Morgan fingerprint density at radius 3 is 2.71 bits per heavy atom. The van der Waals surface area contributed by atoms with Crippen molar-refractivity contribution in [1.82, 2.24) is 0 Å². The van der Waals surface area contributed by atoms with E-state index in [1.807, 2.05) is 0 Å². The third kappa shape index (κ3) is 3.10. The number of nitrogens with zero attached hydrogens (tertiary/aromatic N) is 3. The van der Waals surface area contributed by atoms with Gasteiger partial charge in [0.25, 0.3) is 0 Å². The number of aliphatic carboxylic acids is 1. The van der Waals surface area contributed by atoms with Crippen LogP contribution in [0.2, 0.25) is 10.0 Å². The Labute approximate surface area is 105 Å². The van der Waals surface area contributed by atoms with Crippen LogP contribution in [0.15, 0.2) is 22.9 Å². The standard InChI is InChI=1S/C9H4Cl2FN3O2/c10-5-2-1-4(7(11)8(5)12)3-6(9(16)17)14-15-13/h1-3H,(H,16,17)/b6-3-. The molecule has 1 rings (SSSR count). The maximum absolute atomic E-state index is 13.3. The topological polar surface area (TPSA) is 86.1 Å². The van der Waals surface area contributed by atoms with Gasteiger partial charge in [-0.25, -0.2) is 9.18 Å². The minimum absolute atomic E-state index is 0.0540. The van der Waals surface area contributed by atoms with Crippen molar-refractivity contribution in [3.05, 3.63) is 49.7 Å². The molecule has 0 saturated heterocycles. The Morgan fingerprint density at radius 2 is 2.18 bits per heavy atom. The molecule has 1 aromatic rings. The summed E-state index contributed by atoms with van der Waals surface area (Å²) in [7, 11) is 0. The summed E-state index contributed by atoms with van der Waals surface area (Å²) < 4.78 is 13.3. The molecule has 0 radical (unpaired) electrons. The number of hydrogen-bond donors (Lipinski definition) is 1. The summed E-state index contributed by atoms with van der Waals surface area (Å²) in [5.41, 5.74) is 7.61. The van der Waals surface area contributed by atoms with Gasteiger partial charge in [0.1, 0.15) is 5.70 Å². The number of rotatable bonds is 3. The molecule has 0 spiro atoms. The first kappa shape index (κ1) is 13.3. The van der Waals surface area contributed by atoms with Crippen molar-refractivity contribution in [2.75, 3.05) is 0 Å². The van der Waals surface area contributed by atoms with Crippen LogP contribution in [0.1, 0.15) is 5.56 Å². The van der Waals surface area contributed by atoms with Gasteiger partial charge < -0.3 is 5.11 Å². The number of carboxylic acids is 1. The van der Waals surface area contributed by atoms with Gasteiger partial charge in [-0.15, -0.1) is 0 Å². The van der Waals surface area contributed by atoms with Crippen molar-refractivity contribution < 1.29 is 14.3 Å². The van der Waals surface area contributed by atoms with Crippen molar-refractivity contribution >= 4 is 35.2 Å². The fourth-order valence-corrected chi connectivity index (χ4v) is 1.41. The van der Waals surface area contributed by atoms with E-state index < -0.39 is 17.5 Å². The average Bonchev–Trinajstić information content (AvgIpc) is 2.28. The maximum atomic E-state index is 13.3. The zero-order chi connectivity index (χ0) is 13.0. The molecule has 88 valence electrons. The van der Waals surface area contributed by atoms with Crippen LogP contribution < -0.4 is 0 Å². The molecule has 0 atom stereocenters. The number of carboxylic acid groups (broad SMARTS) is 1. The SMILES string of the molecule is [N-]=[N+]=N/C(=C\c1ccc(Cl)c(F)c1Cl)C(=O)O. The zero-order valence-corrected chi connectivity index (χ0v) is 9.57. The Bertz CT molecular complexity index is 549. The summed E-state index contributed by atoms with van der Waals surface area (Å²) >= 11 is 11.1. The predicted molar refractivity (Wildman–Crippen MR) is 61.2 cm³/mol. The highest BCUT2D eigenvalue weighted by atomic mass is 35.5. The molecule has 1 aromatic carbocycles. The lowest BCUT2D eigenvalue weighted by atomic mass is 10.2. The smallest absolute Gasteiger partial charge is 0.338 e. The first-order valence-corrected chi connectivity index (χ1v) is 4.86. The van der Waals surface area contributed by atoms with Crippen LogP contribution in [0.25, 0.3) is 16.5 Å². The molecule has 17 heavy (non-hydrogen) atoms. The van der Waals surface area contributed by atoms with Crippen LogP contribution in [0.4, 0.5) is 4.39 Å². The van der Waals surface area contributed by atoms with Crippen LogP contribution in [-0.4, -0.2) is 11.1 Å². The number of benzene rings is 1. The van der Waals surface area contributed by atoms with Gasteiger partial charge in [-0.3, -0.25) is 0 Å². The molecular formula is C9H4Cl2FN3O2. The summed E-state index contributed by atoms with van der Waals surface area (Å²) in [5.74, 6) is -2.32. The molecule has 0 amide bonds. The average molecular weight is 276 g/mol. The molecule has 0 bridgehead atoms. The van der Waals surface area contributed by atoms with Crippen LogP contribution >= 0.6 is 23.2 Å². The fourth-order valence-electron chi connectivity index (χ4n) is 0.981. The monoisotopic (exact) mass is 275 g/mol. The largest absolute Gasteiger partial charge is 0.478 e. The molecule has 0 fully saturated rings. The van der Waals surface area contributed by atoms with Crippen molar-refractivity contribution in [2.45, 2.75) is 0 Å². The summed E-state index contributed by atoms with van der Waals surface area (Å²) in [6, 6.07) is 2.52. The lowest BCUT2D eigenvalue weighted by molar-refractivity contribution is -0.132. The Balaban J connectivity index is 3.35. The van der Waals surface area contributed by atoms with E-state index in [4.69, 9.17) is 33.8 Å². The van der Waals surface area contributed by atoms with Crippen LogP contribution in [-0.2, 0) is 4.79 Å². The minimum Gasteiger partial charge on any atom is -0.478 e. The van der Waals surface area contributed by atoms with Crippen molar-refractivity contribution in [3.8, 4) is 0 Å². The van der Waals surface area contributed by atoms with Gasteiger partial charge in [0.2, 0.25) is 0 Å². The first-order chi connectivity index (χ1) is 7.97. The maximum Gasteiger partial charge on any atom is 0.338 e. The Morgan fingerprint density at radius 1 is 1.53 bits per heavy atom. The first-order valence-electron chi connectivity index (χ1n) is 4.11. The highest BCUT2D eigenvalue weighted by molar-refractivity contribution is 6.35. The molecule has 1 N–H and O–H groups in total. The molecule has 5 nitrogen and oxygen atoms in total. The lowest BCUT2D eigenvalue weighted by Crippen LogP contribution is -1.97. The van der Waals surface area contributed by atoms with Gasteiger partial charge in [-0.2, -0.15) is 0 Å². The van der Waals surface area contributed by atoms with E-state index in [0.717, 1.165) is 6.08 Å². The van der Waals surface area contributed by atoms with Crippen molar-refractivity contribution in [3.63, 3.8) is 0 Å². The second-order valence-electron chi connectivity index (χ2n) is 2.79. The molecule has 0 unspecified atom stereocenters. The molecular weight excluding hydrogens is 272 g/mol. The Kier molecular flexibility index (Phi) is 4.34. The van der Waals surface area contributed by atoms with Crippen molar-refractivity contribution in [2.24, 2.45) is 5.11 Å². The van der Waals surface area contributed by atoms with Gasteiger partial charge in [0, 0.05) is 4.91 Å². The van der Waals surface area contributed by atoms with Gasteiger partial charge >= 0.3 is 5.97 Å². The third-order valence-electron chi connectivity index (χ3n) is 1.73. The molecule has 0 aliphatic carbocycles. The Hall–Kier alpha value is -1.75. The normalized spacial score (nSPS) is 10.9. The number of halogens is 3. The summed E-state index contributed by atoms with van der Waals surface area (Å²) in [4.78, 5) is 13.0. The number of carbonyl (C=O) groups is 1. The second kappa shape index (κ2) is 5.54. The zero-order valence-electron chi connectivity index (χ0n) is 8.06. The van der Waals surface area contributed by atoms with E-state index in [9.17, 15) is 9.18 Å². The summed E-state index contributed by atoms with van der Waals surface area (Å²) in [5, 5.41) is 11.1. The molecule has 0 heterocycles. The van der Waals surface area contributed by atoms with E-state index in [1.165, 1.54) is 12.1 Å². The van der Waals surface area contributed by atoms with E-state index in [1.54, 1.807) is 0 Å². The molecule has 0 aliphatic heterocycles. The van der Waals surface area contributed by atoms with Gasteiger partial charge in [0.15, 0.2) is 5.82 Å².